The van der Waals surface area contributed by atoms with Gasteiger partial charge in [0.2, 0.25) is 5.91 Å². The predicted molar refractivity (Wildman–Crippen MR) is 140 cm³/mol. The van der Waals surface area contributed by atoms with Gasteiger partial charge in [-0.1, -0.05) is 23.7 Å². The number of carbonyl (C=O) groups is 2. The van der Waals surface area contributed by atoms with Crippen molar-refractivity contribution in [2.45, 2.75) is 44.8 Å². The summed E-state index contributed by atoms with van der Waals surface area (Å²) in [6, 6.07) is 11.6. The molecule has 3 aromatic rings. The Morgan fingerprint density at radius 1 is 1.13 bits per heavy atom. The van der Waals surface area contributed by atoms with Gasteiger partial charge in [0.15, 0.2) is 0 Å². The summed E-state index contributed by atoms with van der Waals surface area (Å²) in [7, 11) is 0. The van der Waals surface area contributed by atoms with Crippen LogP contribution in [0.15, 0.2) is 48.7 Å². The Bertz CT molecular complexity index is 1370. The molecule has 3 N–H and O–H groups in total. The third-order valence-electron chi connectivity index (χ3n) is 8.17. The van der Waals surface area contributed by atoms with Crippen LogP contribution in [-0.2, 0) is 17.9 Å². The van der Waals surface area contributed by atoms with Gasteiger partial charge in [-0.3, -0.25) is 14.6 Å². The van der Waals surface area contributed by atoms with E-state index < -0.39 is 29.7 Å². The highest BCUT2D eigenvalue weighted by Crippen LogP contribution is 2.66. The maximum Gasteiger partial charge on any atom is 0.268 e. The highest BCUT2D eigenvalue weighted by molar-refractivity contribution is 6.33. The van der Waals surface area contributed by atoms with Crippen LogP contribution in [0.4, 0.5) is 14.5 Å². The molecule has 1 aromatic carbocycles. The van der Waals surface area contributed by atoms with E-state index in [0.29, 0.717) is 29.5 Å². The Labute approximate surface area is 224 Å². The third kappa shape index (κ3) is 4.37. The molecule has 1 aliphatic heterocycles. The summed E-state index contributed by atoms with van der Waals surface area (Å²) in [5.74, 6) is -5.22. The fourth-order valence-corrected chi connectivity index (χ4v) is 6.39. The van der Waals surface area contributed by atoms with Gasteiger partial charge in [0.05, 0.1) is 5.02 Å². The summed E-state index contributed by atoms with van der Waals surface area (Å²) in [4.78, 5) is 31.1. The van der Waals surface area contributed by atoms with E-state index in [2.05, 4.69) is 20.9 Å². The molecule has 2 fully saturated rings. The highest BCUT2D eigenvalue weighted by Gasteiger charge is 2.72. The summed E-state index contributed by atoms with van der Waals surface area (Å²) in [6.45, 7) is 3.93. The molecule has 7 nitrogen and oxygen atoms in total. The Hall–Kier alpha value is -3.30. The van der Waals surface area contributed by atoms with Crippen LogP contribution >= 0.6 is 11.6 Å². The van der Waals surface area contributed by atoms with Gasteiger partial charge < -0.3 is 20.5 Å². The first-order chi connectivity index (χ1) is 18.2. The zero-order valence-corrected chi connectivity index (χ0v) is 21.6. The van der Waals surface area contributed by atoms with Gasteiger partial charge in [-0.2, -0.15) is 0 Å². The molecule has 3 aliphatic rings. The SMILES string of the molecule is Cc1nccc(Cl)c1-c1ccc(NC(=O)C(NC(=O)c2ccc3n2CCNC3)[C@@H]2C[C@@H]3[C@H](C2)C3(F)F)cc1. The molecular weight excluding hydrogens is 512 g/mol. The van der Waals surface area contributed by atoms with E-state index in [9.17, 15) is 18.4 Å². The Balaban J connectivity index is 1.21. The van der Waals surface area contributed by atoms with E-state index in [-0.39, 0.29) is 24.7 Å². The lowest BCUT2D eigenvalue weighted by atomic mass is 9.92. The molecule has 38 heavy (non-hydrogen) atoms. The summed E-state index contributed by atoms with van der Waals surface area (Å²) in [5.41, 5.74) is 4.46. The van der Waals surface area contributed by atoms with Crippen molar-refractivity contribution in [2.24, 2.45) is 17.8 Å². The average Bonchev–Trinajstić information content (AvgIpc) is 3.30. The van der Waals surface area contributed by atoms with Crippen LogP contribution in [0.5, 0.6) is 0 Å². The number of benzene rings is 1. The van der Waals surface area contributed by atoms with Crippen molar-refractivity contribution < 1.29 is 18.4 Å². The Morgan fingerprint density at radius 2 is 1.87 bits per heavy atom. The standard InChI is InChI=1S/C28H28ClF2N5O2/c1-15-24(22(29)8-9-33-15)16-2-4-18(5-3-16)34-27(38)25(17-12-20-21(13-17)28(20,30)31)35-26(37)23-7-6-19-14-32-10-11-36(19)23/h2-9,17,20-21,25,32H,10-14H2,1H3,(H,34,38)(H,35,37)/t17-,20-,21+,25?. The Morgan fingerprint density at radius 3 is 2.58 bits per heavy atom. The van der Waals surface area contributed by atoms with Crippen molar-refractivity contribution in [1.29, 1.82) is 0 Å². The van der Waals surface area contributed by atoms with Crippen LogP contribution in [-0.4, -0.2) is 39.9 Å². The van der Waals surface area contributed by atoms with Crippen molar-refractivity contribution >= 4 is 29.1 Å². The molecule has 0 radical (unpaired) electrons. The number of nitrogens with one attached hydrogen (secondary N) is 3. The minimum atomic E-state index is -2.66. The summed E-state index contributed by atoms with van der Waals surface area (Å²) < 4.78 is 29.8. The number of amides is 2. The largest absolute Gasteiger partial charge is 0.339 e. The lowest BCUT2D eigenvalue weighted by Crippen LogP contribution is -2.49. The van der Waals surface area contributed by atoms with Gasteiger partial charge in [0, 0.05) is 60.3 Å². The van der Waals surface area contributed by atoms with Crippen molar-refractivity contribution in [3.63, 3.8) is 0 Å². The number of fused-ring (bicyclic) bond motifs is 2. The number of rotatable bonds is 6. The monoisotopic (exact) mass is 539 g/mol. The van der Waals surface area contributed by atoms with Crippen LogP contribution in [0.2, 0.25) is 5.02 Å². The first-order valence-electron chi connectivity index (χ1n) is 12.8. The molecule has 0 saturated heterocycles. The van der Waals surface area contributed by atoms with Gasteiger partial charge in [-0.05, 0) is 61.6 Å². The fraction of sp³-hybridized carbons (Fsp3) is 0.393. The van der Waals surface area contributed by atoms with Crippen LogP contribution in [0.25, 0.3) is 11.1 Å². The molecule has 6 rings (SSSR count). The smallest absolute Gasteiger partial charge is 0.268 e. The molecule has 10 heteroatoms. The Kier molecular flexibility index (Phi) is 6.23. The van der Waals surface area contributed by atoms with E-state index in [4.69, 9.17) is 11.6 Å². The van der Waals surface area contributed by atoms with Crippen molar-refractivity contribution in [2.75, 3.05) is 11.9 Å². The van der Waals surface area contributed by atoms with Gasteiger partial charge in [0.1, 0.15) is 11.7 Å². The van der Waals surface area contributed by atoms with Crippen LogP contribution in [0, 0.1) is 24.7 Å². The zero-order chi connectivity index (χ0) is 26.6. The van der Waals surface area contributed by atoms with Crippen LogP contribution in [0.1, 0.15) is 34.7 Å². The molecular formula is C28H28ClF2N5O2. The fourth-order valence-electron chi connectivity index (χ4n) is 6.09. The lowest BCUT2D eigenvalue weighted by Gasteiger charge is -2.27. The van der Waals surface area contributed by atoms with Crippen molar-refractivity contribution in [3.8, 4) is 11.1 Å². The molecule has 3 heterocycles. The first kappa shape index (κ1) is 25.0. The van der Waals surface area contributed by atoms with E-state index >= 15 is 0 Å². The maximum absolute atomic E-state index is 13.9. The van der Waals surface area contributed by atoms with Gasteiger partial charge in [-0.15, -0.1) is 0 Å². The number of alkyl halides is 2. The summed E-state index contributed by atoms with van der Waals surface area (Å²) >= 11 is 6.36. The summed E-state index contributed by atoms with van der Waals surface area (Å²) in [6.07, 6.45) is 2.07. The number of nitrogens with zero attached hydrogens (tertiary/aromatic N) is 2. The second-order valence-corrected chi connectivity index (χ2v) is 10.8. The van der Waals surface area contributed by atoms with Crippen LogP contribution < -0.4 is 16.0 Å². The van der Waals surface area contributed by atoms with Gasteiger partial charge >= 0.3 is 0 Å². The molecule has 2 saturated carbocycles. The number of halogens is 3. The van der Waals surface area contributed by atoms with E-state index in [0.717, 1.165) is 29.1 Å². The molecule has 2 amide bonds. The van der Waals surface area contributed by atoms with E-state index in [1.165, 1.54) is 0 Å². The molecule has 0 spiro atoms. The topological polar surface area (TPSA) is 88.1 Å². The molecule has 1 unspecified atom stereocenters. The number of hydrogen-bond acceptors (Lipinski definition) is 4. The lowest BCUT2D eigenvalue weighted by molar-refractivity contribution is -0.119. The molecule has 198 valence electrons. The highest BCUT2D eigenvalue weighted by atomic mass is 35.5. The number of aromatic nitrogens is 2. The molecule has 2 aliphatic carbocycles. The second-order valence-electron chi connectivity index (χ2n) is 10.4. The number of aryl methyl sites for hydroxylation is 1. The molecule has 0 bridgehead atoms. The number of pyridine rings is 1. The number of hydrogen-bond donors (Lipinski definition) is 3. The minimum Gasteiger partial charge on any atom is -0.339 e. The third-order valence-corrected chi connectivity index (χ3v) is 8.49. The second kappa shape index (κ2) is 9.47. The van der Waals surface area contributed by atoms with Gasteiger partial charge in [-0.25, -0.2) is 8.78 Å². The van der Waals surface area contributed by atoms with E-state index in [1.54, 1.807) is 30.5 Å². The predicted octanol–water partition coefficient (Wildman–Crippen LogP) is 4.64. The molecule has 2 aromatic heterocycles. The van der Waals surface area contributed by atoms with E-state index in [1.807, 2.05) is 29.7 Å². The molecule has 4 atom stereocenters. The summed E-state index contributed by atoms with van der Waals surface area (Å²) in [5, 5.41) is 9.62. The number of carbonyl (C=O) groups excluding carboxylic acids is 2. The minimum absolute atomic E-state index is 0.212. The zero-order valence-electron chi connectivity index (χ0n) is 20.8. The quantitative estimate of drug-likeness (QED) is 0.426. The average molecular weight is 540 g/mol. The van der Waals surface area contributed by atoms with Crippen LogP contribution in [0.3, 0.4) is 0 Å². The normalized spacial score (nSPS) is 23.7. The van der Waals surface area contributed by atoms with Gasteiger partial charge in [0.25, 0.3) is 11.8 Å². The number of anilines is 1. The van der Waals surface area contributed by atoms with Crippen molar-refractivity contribution in [1.82, 2.24) is 20.2 Å². The van der Waals surface area contributed by atoms with Crippen molar-refractivity contribution in [3.05, 3.63) is 70.8 Å². The maximum atomic E-state index is 13.9. The first-order valence-corrected chi connectivity index (χ1v) is 13.2.